The molecular weight excluding hydrogens is 319 g/mol. The molecule has 1 aliphatic rings. The number of aryl methyl sites for hydroxylation is 1. The summed E-state index contributed by atoms with van der Waals surface area (Å²) in [5.74, 6) is 1.81. The third-order valence-electron chi connectivity index (χ3n) is 4.39. The van der Waals surface area contributed by atoms with E-state index in [2.05, 4.69) is 10.5 Å². The van der Waals surface area contributed by atoms with E-state index in [0.29, 0.717) is 18.0 Å². The van der Waals surface area contributed by atoms with Crippen LogP contribution < -0.4 is 10.1 Å². The number of ether oxygens (including phenoxy) is 1. The summed E-state index contributed by atoms with van der Waals surface area (Å²) >= 11 is 0. The minimum absolute atomic E-state index is 0.322. The van der Waals surface area contributed by atoms with Gasteiger partial charge in [0.25, 0.3) is 0 Å². The van der Waals surface area contributed by atoms with Crippen molar-refractivity contribution in [3.05, 3.63) is 71.4 Å². The van der Waals surface area contributed by atoms with Crippen LogP contribution in [0.4, 0.5) is 10.1 Å². The van der Waals surface area contributed by atoms with E-state index in [1.807, 2.05) is 24.3 Å². The highest BCUT2D eigenvalue weighted by Gasteiger charge is 2.19. The molecule has 0 spiro atoms. The van der Waals surface area contributed by atoms with Crippen molar-refractivity contribution >= 4 is 5.69 Å². The van der Waals surface area contributed by atoms with Crippen molar-refractivity contribution < 1.29 is 13.7 Å². The van der Waals surface area contributed by atoms with Crippen molar-refractivity contribution in [2.24, 2.45) is 0 Å². The summed E-state index contributed by atoms with van der Waals surface area (Å²) in [4.78, 5) is 0. The summed E-state index contributed by atoms with van der Waals surface area (Å²) in [6.07, 6.45) is 4.35. The maximum atomic E-state index is 13.4. The Bertz CT molecular complexity index is 876. The molecule has 2 aromatic carbocycles. The standard InChI is InChI=1S/C20H19FN2O2/c21-14-6-5-7-15(12-14)24-20-11-4-2-9-17(20)22-13-18-16-8-1-3-10-19(16)25-23-18/h2,4-7,9,11-12,22H,1,3,8,10,13H2. The predicted molar refractivity (Wildman–Crippen MR) is 93.4 cm³/mol. The zero-order valence-corrected chi connectivity index (χ0v) is 13.8. The first-order valence-corrected chi connectivity index (χ1v) is 8.52. The maximum Gasteiger partial charge on any atom is 0.150 e. The lowest BCUT2D eigenvalue weighted by Crippen LogP contribution is -2.06. The minimum Gasteiger partial charge on any atom is -0.455 e. The molecular formula is C20H19FN2O2. The highest BCUT2D eigenvalue weighted by atomic mass is 19.1. The number of nitrogens with zero attached hydrogens (tertiary/aromatic N) is 1. The molecule has 1 aliphatic carbocycles. The van der Waals surface area contributed by atoms with Gasteiger partial charge in [-0.05, 0) is 43.5 Å². The highest BCUT2D eigenvalue weighted by Crippen LogP contribution is 2.31. The monoisotopic (exact) mass is 338 g/mol. The Balaban J connectivity index is 1.50. The largest absolute Gasteiger partial charge is 0.455 e. The molecule has 5 heteroatoms. The van der Waals surface area contributed by atoms with Gasteiger partial charge in [-0.1, -0.05) is 23.4 Å². The number of anilines is 1. The Hall–Kier alpha value is -2.82. The molecule has 1 heterocycles. The van der Waals surface area contributed by atoms with Crippen LogP contribution in [0.25, 0.3) is 0 Å². The van der Waals surface area contributed by atoms with Crippen LogP contribution in [0.15, 0.2) is 53.1 Å². The molecule has 3 aromatic rings. The summed E-state index contributed by atoms with van der Waals surface area (Å²) in [6, 6.07) is 13.7. The lowest BCUT2D eigenvalue weighted by molar-refractivity contribution is 0.368. The third-order valence-corrected chi connectivity index (χ3v) is 4.39. The first-order chi connectivity index (χ1) is 12.3. The van der Waals surface area contributed by atoms with Crippen molar-refractivity contribution in [1.82, 2.24) is 5.16 Å². The molecule has 0 atom stereocenters. The van der Waals surface area contributed by atoms with E-state index in [9.17, 15) is 4.39 Å². The Morgan fingerprint density at radius 3 is 2.88 bits per heavy atom. The Labute approximate surface area is 145 Å². The fraction of sp³-hybridized carbons (Fsp3) is 0.250. The number of nitrogens with one attached hydrogen (secondary N) is 1. The minimum atomic E-state index is -0.322. The number of hydrogen-bond donors (Lipinski definition) is 1. The van der Waals surface area contributed by atoms with E-state index in [-0.39, 0.29) is 5.82 Å². The zero-order valence-electron chi connectivity index (χ0n) is 13.8. The second kappa shape index (κ2) is 6.97. The summed E-state index contributed by atoms with van der Waals surface area (Å²) in [5.41, 5.74) is 3.02. The highest BCUT2D eigenvalue weighted by molar-refractivity contribution is 5.57. The van der Waals surface area contributed by atoms with E-state index < -0.39 is 0 Å². The van der Waals surface area contributed by atoms with Gasteiger partial charge in [-0.2, -0.15) is 0 Å². The van der Waals surface area contributed by atoms with Gasteiger partial charge in [-0.25, -0.2) is 4.39 Å². The average Bonchev–Trinajstić information content (AvgIpc) is 3.04. The molecule has 1 N–H and O–H groups in total. The second-order valence-electron chi connectivity index (χ2n) is 6.15. The number of aromatic nitrogens is 1. The van der Waals surface area contributed by atoms with Crippen molar-refractivity contribution in [1.29, 1.82) is 0 Å². The van der Waals surface area contributed by atoms with Crippen LogP contribution in [0.1, 0.15) is 29.9 Å². The van der Waals surface area contributed by atoms with Crippen LogP contribution in [0, 0.1) is 5.82 Å². The molecule has 0 unspecified atom stereocenters. The van der Waals surface area contributed by atoms with Crippen molar-refractivity contribution in [2.45, 2.75) is 32.2 Å². The van der Waals surface area contributed by atoms with Crippen molar-refractivity contribution in [2.75, 3.05) is 5.32 Å². The molecule has 4 nitrogen and oxygen atoms in total. The molecule has 128 valence electrons. The quantitative estimate of drug-likeness (QED) is 0.703. The average molecular weight is 338 g/mol. The molecule has 0 bridgehead atoms. The van der Waals surface area contributed by atoms with Crippen LogP contribution >= 0.6 is 0 Å². The van der Waals surface area contributed by atoms with Gasteiger partial charge in [0.1, 0.15) is 23.0 Å². The van der Waals surface area contributed by atoms with Gasteiger partial charge in [0.2, 0.25) is 0 Å². The molecule has 0 saturated heterocycles. The summed E-state index contributed by atoms with van der Waals surface area (Å²) in [6.45, 7) is 0.572. The Morgan fingerprint density at radius 2 is 1.96 bits per heavy atom. The van der Waals surface area contributed by atoms with E-state index in [1.54, 1.807) is 12.1 Å². The van der Waals surface area contributed by atoms with Crippen LogP contribution in [-0.4, -0.2) is 5.16 Å². The van der Waals surface area contributed by atoms with Crippen molar-refractivity contribution in [3.63, 3.8) is 0 Å². The number of halogens is 1. The summed E-state index contributed by atoms with van der Waals surface area (Å²) in [7, 11) is 0. The van der Waals surface area contributed by atoms with E-state index in [0.717, 1.165) is 30.0 Å². The molecule has 4 rings (SSSR count). The van der Waals surface area contributed by atoms with Gasteiger partial charge in [-0.15, -0.1) is 0 Å². The molecule has 0 radical (unpaired) electrons. The number of rotatable bonds is 5. The molecule has 0 fully saturated rings. The molecule has 0 amide bonds. The molecule has 0 aliphatic heterocycles. The lowest BCUT2D eigenvalue weighted by atomic mass is 9.96. The lowest BCUT2D eigenvalue weighted by Gasteiger charge is -2.13. The predicted octanol–water partition coefficient (Wildman–Crippen LogP) is 5.10. The topological polar surface area (TPSA) is 47.3 Å². The molecule has 0 saturated carbocycles. The van der Waals surface area contributed by atoms with E-state index in [4.69, 9.17) is 9.26 Å². The smallest absolute Gasteiger partial charge is 0.150 e. The first kappa shape index (κ1) is 15.7. The van der Waals surface area contributed by atoms with Gasteiger partial charge >= 0.3 is 0 Å². The number of fused-ring (bicyclic) bond motifs is 1. The fourth-order valence-electron chi connectivity index (χ4n) is 3.13. The van der Waals surface area contributed by atoms with Crippen LogP contribution in [0.2, 0.25) is 0 Å². The second-order valence-corrected chi connectivity index (χ2v) is 6.15. The van der Waals surface area contributed by atoms with Crippen LogP contribution in [0.5, 0.6) is 11.5 Å². The maximum absolute atomic E-state index is 13.4. The van der Waals surface area contributed by atoms with Gasteiger partial charge in [0.15, 0.2) is 5.75 Å². The third kappa shape index (κ3) is 3.50. The van der Waals surface area contributed by atoms with Gasteiger partial charge in [0.05, 0.1) is 12.2 Å². The molecule has 1 aromatic heterocycles. The first-order valence-electron chi connectivity index (χ1n) is 8.52. The van der Waals surface area contributed by atoms with Gasteiger partial charge in [0, 0.05) is 18.1 Å². The number of hydrogen-bond acceptors (Lipinski definition) is 4. The van der Waals surface area contributed by atoms with Gasteiger partial charge < -0.3 is 14.6 Å². The van der Waals surface area contributed by atoms with Crippen LogP contribution in [-0.2, 0) is 19.4 Å². The Kier molecular flexibility index (Phi) is 4.37. The van der Waals surface area contributed by atoms with E-state index in [1.165, 1.54) is 30.5 Å². The zero-order chi connectivity index (χ0) is 17.1. The number of para-hydroxylation sites is 2. The van der Waals surface area contributed by atoms with Gasteiger partial charge in [-0.3, -0.25) is 0 Å². The van der Waals surface area contributed by atoms with E-state index >= 15 is 0 Å². The Morgan fingerprint density at radius 1 is 1.08 bits per heavy atom. The SMILES string of the molecule is Fc1cccc(Oc2ccccc2NCc2noc3c2CCCC3)c1. The number of benzene rings is 2. The summed E-state index contributed by atoms with van der Waals surface area (Å²) < 4.78 is 24.6. The normalized spacial score (nSPS) is 13.3. The van der Waals surface area contributed by atoms with Crippen LogP contribution in [0.3, 0.4) is 0 Å². The van der Waals surface area contributed by atoms with Crippen molar-refractivity contribution in [3.8, 4) is 11.5 Å². The molecule has 25 heavy (non-hydrogen) atoms. The fourth-order valence-corrected chi connectivity index (χ4v) is 3.13. The summed E-state index contributed by atoms with van der Waals surface area (Å²) in [5, 5.41) is 7.57.